The number of carboxylic acids is 1. The molecular weight excluding hydrogens is 384 g/mol. The second kappa shape index (κ2) is 9.63. The fraction of sp³-hybridized carbons (Fsp3) is 0.222. The van der Waals surface area contributed by atoms with Gasteiger partial charge in [0.1, 0.15) is 5.69 Å². The molecule has 0 radical (unpaired) electrons. The van der Waals surface area contributed by atoms with E-state index < -0.39 is 5.97 Å². The molecule has 31 heavy (non-hydrogen) atoms. The average molecular weight is 413 g/mol. The van der Waals surface area contributed by atoms with Crippen LogP contribution in [0.3, 0.4) is 0 Å². The van der Waals surface area contributed by atoms with E-state index in [-0.39, 0.29) is 6.04 Å². The predicted octanol–water partition coefficient (Wildman–Crippen LogP) is 5.50. The van der Waals surface area contributed by atoms with Crippen LogP contribution < -0.4 is 5.32 Å². The van der Waals surface area contributed by atoms with Crippen molar-refractivity contribution in [3.8, 4) is 0 Å². The van der Waals surface area contributed by atoms with Gasteiger partial charge in [-0.2, -0.15) is 0 Å². The monoisotopic (exact) mass is 412 g/mol. The lowest BCUT2D eigenvalue weighted by molar-refractivity contribution is 0.0684. The summed E-state index contributed by atoms with van der Waals surface area (Å²) in [6.45, 7) is 3.22. The zero-order valence-corrected chi connectivity index (χ0v) is 17.8. The van der Waals surface area contributed by atoms with Crippen LogP contribution in [0, 0.1) is 0 Å². The number of carbonyl (C=O) groups is 1. The van der Waals surface area contributed by atoms with Crippen LogP contribution in [0.2, 0.25) is 0 Å². The maximum Gasteiger partial charge on any atom is 0.352 e. The number of benzene rings is 3. The number of aromatic nitrogens is 1. The second-order valence-electron chi connectivity index (χ2n) is 7.90. The molecule has 3 aromatic carbocycles. The minimum Gasteiger partial charge on any atom is -0.477 e. The van der Waals surface area contributed by atoms with Gasteiger partial charge in [0.05, 0.1) is 0 Å². The van der Waals surface area contributed by atoms with E-state index in [2.05, 4.69) is 36.5 Å². The van der Waals surface area contributed by atoms with Crippen LogP contribution >= 0.6 is 0 Å². The molecule has 0 spiro atoms. The van der Waals surface area contributed by atoms with Crippen molar-refractivity contribution in [3.63, 3.8) is 0 Å². The number of para-hydroxylation sites is 1. The molecule has 1 aromatic heterocycles. The quantitative estimate of drug-likeness (QED) is 0.382. The van der Waals surface area contributed by atoms with Crippen LogP contribution in [0.5, 0.6) is 0 Å². The minimum absolute atomic E-state index is 0.278. The highest BCUT2D eigenvalue weighted by atomic mass is 16.4. The first-order valence-electron chi connectivity index (χ1n) is 10.8. The van der Waals surface area contributed by atoms with Crippen LogP contribution in [0.1, 0.15) is 40.5 Å². The molecule has 0 bridgehead atoms. The van der Waals surface area contributed by atoms with Crippen molar-refractivity contribution < 1.29 is 9.90 Å². The molecular formula is C27H28N2O2. The normalized spacial score (nSPS) is 12.2. The van der Waals surface area contributed by atoms with Gasteiger partial charge in [-0.05, 0) is 30.0 Å². The summed E-state index contributed by atoms with van der Waals surface area (Å²) in [5.74, 6) is -0.889. The largest absolute Gasteiger partial charge is 0.477 e. The molecule has 0 unspecified atom stereocenters. The van der Waals surface area contributed by atoms with E-state index in [1.54, 1.807) is 0 Å². The average Bonchev–Trinajstić information content (AvgIpc) is 3.11. The number of hydrogen-bond acceptors (Lipinski definition) is 2. The van der Waals surface area contributed by atoms with Crippen molar-refractivity contribution in [1.29, 1.82) is 0 Å². The molecule has 4 aromatic rings. The highest BCUT2D eigenvalue weighted by Crippen LogP contribution is 2.28. The Bertz CT molecular complexity index is 1150. The van der Waals surface area contributed by atoms with Crippen molar-refractivity contribution in [3.05, 3.63) is 107 Å². The number of hydrogen-bond donors (Lipinski definition) is 2. The number of nitrogens with one attached hydrogen (secondary N) is 1. The van der Waals surface area contributed by atoms with Gasteiger partial charge < -0.3 is 15.0 Å². The van der Waals surface area contributed by atoms with Crippen LogP contribution in [0.4, 0.5) is 0 Å². The summed E-state index contributed by atoms with van der Waals surface area (Å²) in [5.41, 5.74) is 4.54. The van der Waals surface area contributed by atoms with Crippen LogP contribution in [-0.4, -0.2) is 21.7 Å². The van der Waals surface area contributed by atoms with Gasteiger partial charge >= 0.3 is 5.97 Å². The third-order valence-corrected chi connectivity index (χ3v) is 5.85. The lowest BCUT2D eigenvalue weighted by Crippen LogP contribution is -2.30. The highest BCUT2D eigenvalue weighted by molar-refractivity contribution is 5.98. The van der Waals surface area contributed by atoms with E-state index in [1.165, 1.54) is 5.56 Å². The lowest BCUT2D eigenvalue weighted by atomic mass is 10.0. The van der Waals surface area contributed by atoms with Gasteiger partial charge in [0.15, 0.2) is 0 Å². The van der Waals surface area contributed by atoms with Crippen LogP contribution in [-0.2, 0) is 19.5 Å². The van der Waals surface area contributed by atoms with E-state index in [4.69, 9.17) is 0 Å². The summed E-state index contributed by atoms with van der Waals surface area (Å²) in [6.07, 6.45) is 1.89. The molecule has 0 aliphatic rings. The van der Waals surface area contributed by atoms with Gasteiger partial charge in [-0.25, -0.2) is 4.79 Å². The maximum absolute atomic E-state index is 12.4. The van der Waals surface area contributed by atoms with Gasteiger partial charge in [-0.3, -0.25) is 0 Å². The Balaban J connectivity index is 1.66. The van der Waals surface area contributed by atoms with E-state index in [9.17, 15) is 9.90 Å². The number of aromatic carboxylic acids is 1. The Morgan fingerprint density at radius 3 is 2.16 bits per heavy atom. The predicted molar refractivity (Wildman–Crippen MR) is 126 cm³/mol. The van der Waals surface area contributed by atoms with Crippen molar-refractivity contribution in [2.75, 3.05) is 0 Å². The van der Waals surface area contributed by atoms with Crippen molar-refractivity contribution >= 4 is 16.9 Å². The zero-order valence-electron chi connectivity index (χ0n) is 17.8. The van der Waals surface area contributed by atoms with Crippen LogP contribution in [0.25, 0.3) is 10.9 Å². The Morgan fingerprint density at radius 2 is 1.52 bits per heavy atom. The number of carboxylic acid groups (broad SMARTS) is 1. The van der Waals surface area contributed by atoms with Gasteiger partial charge in [-0.1, -0.05) is 85.8 Å². The first kappa shape index (κ1) is 20.9. The second-order valence-corrected chi connectivity index (χ2v) is 7.90. The zero-order chi connectivity index (χ0) is 21.6. The fourth-order valence-electron chi connectivity index (χ4n) is 4.23. The summed E-state index contributed by atoms with van der Waals surface area (Å²) in [6, 6.07) is 28.7. The Kier molecular flexibility index (Phi) is 6.48. The number of rotatable bonds is 9. The van der Waals surface area contributed by atoms with Gasteiger partial charge in [-0.15, -0.1) is 0 Å². The molecule has 4 nitrogen and oxygen atoms in total. The maximum atomic E-state index is 12.4. The topological polar surface area (TPSA) is 54.3 Å². The molecule has 1 heterocycles. The highest BCUT2D eigenvalue weighted by Gasteiger charge is 2.22. The Labute approximate surface area is 183 Å². The van der Waals surface area contributed by atoms with E-state index in [1.807, 2.05) is 65.2 Å². The third kappa shape index (κ3) is 4.70. The molecule has 0 aliphatic heterocycles. The smallest absolute Gasteiger partial charge is 0.352 e. The molecule has 2 N–H and O–H groups in total. The summed E-state index contributed by atoms with van der Waals surface area (Å²) < 4.78 is 1.93. The first-order chi connectivity index (χ1) is 15.2. The third-order valence-electron chi connectivity index (χ3n) is 5.85. The first-order valence-corrected chi connectivity index (χ1v) is 10.8. The summed E-state index contributed by atoms with van der Waals surface area (Å²) in [7, 11) is 0. The molecule has 4 rings (SSSR count). The Hall–Kier alpha value is -3.37. The van der Waals surface area contributed by atoms with Crippen molar-refractivity contribution in [2.45, 2.75) is 38.9 Å². The molecule has 0 aliphatic carbocycles. The minimum atomic E-state index is -0.889. The SMILES string of the molecule is CC[C@@H](Cc1ccccc1)NCc1c(C(=O)O)n(Cc2ccccc2)c2ccccc12. The van der Waals surface area contributed by atoms with Gasteiger partial charge in [0.2, 0.25) is 0 Å². The summed E-state index contributed by atoms with van der Waals surface area (Å²) in [4.78, 5) is 12.4. The molecule has 158 valence electrons. The molecule has 1 atom stereocenters. The summed E-state index contributed by atoms with van der Waals surface area (Å²) >= 11 is 0. The fourth-order valence-corrected chi connectivity index (χ4v) is 4.23. The number of fused-ring (bicyclic) bond motifs is 1. The molecule has 0 amide bonds. The van der Waals surface area contributed by atoms with Crippen LogP contribution in [0.15, 0.2) is 84.9 Å². The van der Waals surface area contributed by atoms with Gasteiger partial charge in [0.25, 0.3) is 0 Å². The van der Waals surface area contributed by atoms with Crippen molar-refractivity contribution in [2.24, 2.45) is 0 Å². The lowest BCUT2D eigenvalue weighted by Gasteiger charge is -2.17. The molecule has 0 fully saturated rings. The molecule has 4 heteroatoms. The Morgan fingerprint density at radius 1 is 0.903 bits per heavy atom. The standard InChI is InChI=1S/C27H28N2O2/c1-2-22(17-20-11-5-3-6-12-20)28-18-24-23-15-9-10-16-25(23)29(26(24)27(30)31)19-21-13-7-4-8-14-21/h3-16,22,28H,2,17-19H2,1H3,(H,30,31)/t22-/m0/s1. The van der Waals surface area contributed by atoms with E-state index in [0.29, 0.717) is 18.8 Å². The van der Waals surface area contributed by atoms with Gasteiger partial charge in [0, 0.05) is 35.6 Å². The number of nitrogens with zero attached hydrogens (tertiary/aromatic N) is 1. The van der Waals surface area contributed by atoms with E-state index >= 15 is 0 Å². The molecule has 0 saturated heterocycles. The summed E-state index contributed by atoms with van der Waals surface area (Å²) in [5, 5.41) is 14.8. The molecule has 0 saturated carbocycles. The van der Waals surface area contributed by atoms with E-state index in [0.717, 1.165) is 34.9 Å². The van der Waals surface area contributed by atoms with Crippen molar-refractivity contribution in [1.82, 2.24) is 9.88 Å².